The third kappa shape index (κ3) is 2.97. The lowest BCUT2D eigenvalue weighted by molar-refractivity contribution is -0.139. The number of para-hydroxylation sites is 1. The Labute approximate surface area is 135 Å². The van der Waals surface area contributed by atoms with Gasteiger partial charge in [-0.1, -0.05) is 18.2 Å². The summed E-state index contributed by atoms with van der Waals surface area (Å²) in [6.45, 7) is 4.03. The van der Waals surface area contributed by atoms with Gasteiger partial charge in [0.2, 0.25) is 0 Å². The van der Waals surface area contributed by atoms with Gasteiger partial charge in [-0.25, -0.2) is 0 Å². The summed E-state index contributed by atoms with van der Waals surface area (Å²) in [6, 6.07) is 11.8. The number of hydrogen-bond donors (Lipinski definition) is 0. The number of carbonyl (C=O) groups excluding carboxylic acids is 1. The van der Waals surface area contributed by atoms with Gasteiger partial charge < -0.3 is 14.1 Å². The Hall–Kier alpha value is -2.27. The normalized spacial score (nSPS) is 21.0. The lowest BCUT2D eigenvalue weighted by atomic mass is 10.1. The zero-order chi connectivity index (χ0) is 15.6. The van der Waals surface area contributed by atoms with Gasteiger partial charge in [-0.05, 0) is 23.8 Å². The van der Waals surface area contributed by atoms with Crippen molar-refractivity contribution in [3.05, 3.63) is 54.0 Å². The molecule has 0 N–H and O–H groups in total. The van der Waals surface area contributed by atoms with Crippen molar-refractivity contribution in [3.63, 3.8) is 0 Å². The van der Waals surface area contributed by atoms with E-state index in [2.05, 4.69) is 4.90 Å². The van der Waals surface area contributed by atoms with Gasteiger partial charge in [0, 0.05) is 32.6 Å². The molecular weight excluding hydrogens is 292 g/mol. The summed E-state index contributed by atoms with van der Waals surface area (Å²) in [5.41, 5.74) is 1.13. The second-order valence-electron chi connectivity index (χ2n) is 6.10. The number of hydrogen-bond acceptors (Lipinski definition) is 4. The van der Waals surface area contributed by atoms with E-state index >= 15 is 0 Å². The number of nitrogens with zero attached hydrogens (tertiary/aromatic N) is 2. The molecule has 2 aliphatic heterocycles. The van der Waals surface area contributed by atoms with Crippen molar-refractivity contribution >= 4 is 5.91 Å². The number of amides is 1. The molecule has 2 aromatic rings. The van der Waals surface area contributed by atoms with Crippen LogP contribution in [-0.2, 0) is 17.8 Å². The topological polar surface area (TPSA) is 45.9 Å². The first-order chi connectivity index (χ1) is 11.3. The van der Waals surface area contributed by atoms with E-state index in [0.717, 1.165) is 49.8 Å². The standard InChI is InChI=1S/C18H20N2O3/c21-18(17-12-14-4-1-2-6-16(14)23-17)20-9-7-19(8-10-20)13-15-5-3-11-22-15/h1-6,11,17H,7-10,12-13H2/t17-/m0/s1. The van der Waals surface area contributed by atoms with Crippen LogP contribution in [0.3, 0.4) is 0 Å². The molecule has 0 bridgehead atoms. The highest BCUT2D eigenvalue weighted by molar-refractivity contribution is 5.82. The molecule has 0 aliphatic carbocycles. The number of furan rings is 1. The van der Waals surface area contributed by atoms with Crippen LogP contribution < -0.4 is 4.74 Å². The second kappa shape index (κ2) is 6.08. The minimum absolute atomic E-state index is 0.110. The summed E-state index contributed by atoms with van der Waals surface area (Å²) < 4.78 is 11.2. The van der Waals surface area contributed by atoms with Crippen molar-refractivity contribution < 1.29 is 13.9 Å². The van der Waals surface area contributed by atoms with Crippen LogP contribution in [0.2, 0.25) is 0 Å². The molecule has 5 nitrogen and oxygen atoms in total. The van der Waals surface area contributed by atoms with E-state index in [0.29, 0.717) is 6.42 Å². The predicted molar refractivity (Wildman–Crippen MR) is 85.1 cm³/mol. The van der Waals surface area contributed by atoms with E-state index in [9.17, 15) is 4.79 Å². The van der Waals surface area contributed by atoms with Gasteiger partial charge in [0.25, 0.3) is 5.91 Å². The molecule has 4 rings (SSSR count). The molecule has 1 fully saturated rings. The average molecular weight is 312 g/mol. The molecule has 0 saturated carbocycles. The minimum Gasteiger partial charge on any atom is -0.480 e. The third-order valence-corrected chi connectivity index (χ3v) is 4.57. The van der Waals surface area contributed by atoms with Crippen LogP contribution in [0.15, 0.2) is 47.1 Å². The number of benzene rings is 1. The summed E-state index contributed by atoms with van der Waals surface area (Å²) in [7, 11) is 0. The van der Waals surface area contributed by atoms with Crippen LogP contribution in [0.4, 0.5) is 0 Å². The predicted octanol–water partition coefficient (Wildman–Crippen LogP) is 1.93. The SMILES string of the molecule is O=C([C@@H]1Cc2ccccc2O1)N1CCN(Cc2ccco2)CC1. The number of fused-ring (bicyclic) bond motifs is 1. The molecule has 0 spiro atoms. The molecule has 5 heteroatoms. The molecule has 1 amide bonds. The highest BCUT2D eigenvalue weighted by Crippen LogP contribution is 2.29. The van der Waals surface area contributed by atoms with Gasteiger partial charge >= 0.3 is 0 Å². The van der Waals surface area contributed by atoms with E-state index in [-0.39, 0.29) is 12.0 Å². The smallest absolute Gasteiger partial charge is 0.264 e. The fraction of sp³-hybridized carbons (Fsp3) is 0.389. The van der Waals surface area contributed by atoms with Crippen LogP contribution in [0.25, 0.3) is 0 Å². The fourth-order valence-electron chi connectivity index (χ4n) is 3.27. The maximum Gasteiger partial charge on any atom is 0.264 e. The van der Waals surface area contributed by atoms with Gasteiger partial charge in [-0.15, -0.1) is 0 Å². The number of carbonyl (C=O) groups is 1. The Balaban J connectivity index is 1.31. The second-order valence-corrected chi connectivity index (χ2v) is 6.10. The highest BCUT2D eigenvalue weighted by Gasteiger charge is 2.33. The van der Waals surface area contributed by atoms with E-state index in [4.69, 9.17) is 9.15 Å². The quantitative estimate of drug-likeness (QED) is 0.869. The maximum absolute atomic E-state index is 12.7. The molecule has 1 aromatic carbocycles. The van der Waals surface area contributed by atoms with Crippen molar-refractivity contribution in [3.8, 4) is 5.75 Å². The highest BCUT2D eigenvalue weighted by atomic mass is 16.5. The van der Waals surface area contributed by atoms with E-state index < -0.39 is 0 Å². The monoisotopic (exact) mass is 312 g/mol. The first-order valence-corrected chi connectivity index (χ1v) is 8.08. The maximum atomic E-state index is 12.7. The Morgan fingerprint density at radius 3 is 2.65 bits per heavy atom. The van der Waals surface area contributed by atoms with Crippen LogP contribution in [-0.4, -0.2) is 48.0 Å². The van der Waals surface area contributed by atoms with Gasteiger partial charge in [-0.2, -0.15) is 0 Å². The Bertz CT molecular complexity index is 650. The summed E-state index contributed by atoms with van der Waals surface area (Å²) in [5.74, 6) is 1.93. The van der Waals surface area contributed by atoms with Crippen LogP contribution in [0, 0.1) is 0 Å². The summed E-state index contributed by atoms with van der Waals surface area (Å²) in [4.78, 5) is 16.9. The van der Waals surface area contributed by atoms with Crippen LogP contribution >= 0.6 is 0 Å². The first-order valence-electron chi connectivity index (χ1n) is 8.08. The molecular formula is C18H20N2O3. The lowest BCUT2D eigenvalue weighted by Gasteiger charge is -2.35. The Morgan fingerprint density at radius 2 is 1.91 bits per heavy atom. The minimum atomic E-state index is -0.357. The molecule has 0 radical (unpaired) electrons. The number of piperazine rings is 1. The Kier molecular flexibility index (Phi) is 3.79. The Morgan fingerprint density at radius 1 is 1.09 bits per heavy atom. The van der Waals surface area contributed by atoms with Crippen molar-refractivity contribution in [2.75, 3.05) is 26.2 Å². The van der Waals surface area contributed by atoms with Crippen LogP contribution in [0.5, 0.6) is 5.75 Å². The zero-order valence-electron chi connectivity index (χ0n) is 13.0. The van der Waals surface area contributed by atoms with Crippen molar-refractivity contribution in [1.82, 2.24) is 9.80 Å². The van der Waals surface area contributed by atoms with Crippen molar-refractivity contribution in [2.45, 2.75) is 19.1 Å². The molecule has 120 valence electrons. The molecule has 1 atom stereocenters. The van der Waals surface area contributed by atoms with E-state index in [1.807, 2.05) is 41.3 Å². The summed E-state index contributed by atoms with van der Waals surface area (Å²) in [5, 5.41) is 0. The molecule has 1 saturated heterocycles. The van der Waals surface area contributed by atoms with Gasteiger partial charge in [0.05, 0.1) is 12.8 Å². The molecule has 2 aliphatic rings. The third-order valence-electron chi connectivity index (χ3n) is 4.57. The van der Waals surface area contributed by atoms with Crippen LogP contribution in [0.1, 0.15) is 11.3 Å². The number of ether oxygens (including phenoxy) is 1. The lowest BCUT2D eigenvalue weighted by Crippen LogP contribution is -2.51. The van der Waals surface area contributed by atoms with Gasteiger partial charge in [-0.3, -0.25) is 9.69 Å². The summed E-state index contributed by atoms with van der Waals surface area (Å²) >= 11 is 0. The van der Waals surface area contributed by atoms with Crippen molar-refractivity contribution in [1.29, 1.82) is 0 Å². The fourth-order valence-corrected chi connectivity index (χ4v) is 3.27. The van der Waals surface area contributed by atoms with E-state index in [1.165, 1.54) is 0 Å². The zero-order valence-corrected chi connectivity index (χ0v) is 13.0. The number of rotatable bonds is 3. The first kappa shape index (κ1) is 14.3. The molecule has 3 heterocycles. The van der Waals surface area contributed by atoms with Gasteiger partial charge in [0.1, 0.15) is 11.5 Å². The largest absolute Gasteiger partial charge is 0.480 e. The van der Waals surface area contributed by atoms with Gasteiger partial charge in [0.15, 0.2) is 6.10 Å². The molecule has 0 unspecified atom stereocenters. The summed E-state index contributed by atoms with van der Waals surface area (Å²) in [6.07, 6.45) is 2.02. The van der Waals surface area contributed by atoms with Crippen molar-refractivity contribution in [2.24, 2.45) is 0 Å². The molecule has 1 aromatic heterocycles. The average Bonchev–Trinajstić information content (AvgIpc) is 3.24. The van der Waals surface area contributed by atoms with E-state index in [1.54, 1.807) is 6.26 Å². The molecule has 23 heavy (non-hydrogen) atoms.